The Balaban J connectivity index is 1.99. The van der Waals surface area contributed by atoms with Gasteiger partial charge in [-0.3, -0.25) is 20.2 Å². The lowest BCUT2D eigenvalue weighted by molar-refractivity contribution is -0.384. The monoisotopic (exact) mass is 264 g/mol. The minimum Gasteiger partial charge on any atom is -0.459 e. The summed E-state index contributed by atoms with van der Waals surface area (Å²) in [5, 5.41) is 13.6. The van der Waals surface area contributed by atoms with E-state index in [0.717, 1.165) is 5.56 Å². The van der Waals surface area contributed by atoms with E-state index in [-0.39, 0.29) is 23.7 Å². The first-order chi connectivity index (χ1) is 8.78. The number of benzene rings is 1. The maximum atomic E-state index is 11.8. The van der Waals surface area contributed by atoms with Crippen molar-refractivity contribution in [3.8, 4) is 0 Å². The molecule has 2 unspecified atom stereocenters. The maximum Gasteiger partial charge on any atom is 0.325 e. The van der Waals surface area contributed by atoms with Gasteiger partial charge in [0.2, 0.25) is 0 Å². The third-order valence-corrected chi connectivity index (χ3v) is 2.71. The van der Waals surface area contributed by atoms with Crippen molar-refractivity contribution < 1.29 is 14.5 Å². The molecule has 0 aliphatic carbocycles. The largest absolute Gasteiger partial charge is 0.459 e. The van der Waals surface area contributed by atoms with Crippen molar-refractivity contribution in [1.82, 2.24) is 5.32 Å². The van der Waals surface area contributed by atoms with E-state index >= 15 is 0 Å². The number of non-ortho nitro benzene ring substituents is 1. The molecule has 0 bridgehead atoms. The van der Waals surface area contributed by atoms with Crippen LogP contribution in [0.15, 0.2) is 24.3 Å². The number of ether oxygens (including phenoxy) is 1. The van der Waals surface area contributed by atoms with Crippen LogP contribution in [0.4, 0.5) is 5.69 Å². The van der Waals surface area contributed by atoms with E-state index in [2.05, 4.69) is 5.32 Å². The minimum absolute atomic E-state index is 0.0400. The molecule has 1 aromatic carbocycles. The van der Waals surface area contributed by atoms with Gasteiger partial charge in [-0.15, -0.1) is 0 Å². The van der Waals surface area contributed by atoms with Gasteiger partial charge in [0.25, 0.3) is 5.69 Å². The summed E-state index contributed by atoms with van der Waals surface area (Å²) in [7, 11) is 0. The van der Waals surface area contributed by atoms with E-state index < -0.39 is 10.5 Å². The van der Waals surface area contributed by atoms with Crippen LogP contribution in [-0.2, 0) is 9.53 Å². The molecule has 1 aliphatic heterocycles. The molecule has 0 aromatic heterocycles. The molecular weight excluding hydrogens is 248 g/mol. The predicted octanol–water partition coefficient (Wildman–Crippen LogP) is 1.95. The SMILES string of the molecule is CC(C)(C)OC(=O)C1NC1c1ccc([N+](=O)[O-])cc1. The highest BCUT2D eigenvalue weighted by atomic mass is 16.6. The molecule has 0 spiro atoms. The van der Waals surface area contributed by atoms with Crippen LogP contribution in [0.1, 0.15) is 32.4 Å². The summed E-state index contributed by atoms with van der Waals surface area (Å²) in [6, 6.07) is 5.69. The van der Waals surface area contributed by atoms with Crippen molar-refractivity contribution in [1.29, 1.82) is 0 Å². The third kappa shape index (κ3) is 3.29. The van der Waals surface area contributed by atoms with E-state index in [1.807, 2.05) is 20.8 Å². The average Bonchev–Trinajstić information content (AvgIpc) is 3.06. The van der Waals surface area contributed by atoms with Crippen molar-refractivity contribution in [3.63, 3.8) is 0 Å². The van der Waals surface area contributed by atoms with E-state index in [1.54, 1.807) is 12.1 Å². The fourth-order valence-corrected chi connectivity index (χ4v) is 1.80. The lowest BCUT2D eigenvalue weighted by Gasteiger charge is -2.19. The summed E-state index contributed by atoms with van der Waals surface area (Å²) in [6.07, 6.45) is 0. The van der Waals surface area contributed by atoms with Gasteiger partial charge in [0.05, 0.1) is 11.0 Å². The molecule has 0 amide bonds. The summed E-state index contributed by atoms with van der Waals surface area (Å²) in [5.74, 6) is -0.296. The topological polar surface area (TPSA) is 91.4 Å². The second-order valence-corrected chi connectivity index (χ2v) is 5.50. The Labute approximate surface area is 110 Å². The molecule has 1 N–H and O–H groups in total. The zero-order valence-electron chi connectivity index (χ0n) is 11.0. The first-order valence-corrected chi connectivity index (χ1v) is 6.01. The molecule has 6 heteroatoms. The number of nitro benzene ring substituents is 1. The molecule has 1 heterocycles. The highest BCUT2D eigenvalue weighted by Gasteiger charge is 2.45. The van der Waals surface area contributed by atoms with Crippen molar-refractivity contribution >= 4 is 11.7 Å². The first-order valence-electron chi connectivity index (χ1n) is 6.01. The van der Waals surface area contributed by atoms with E-state index in [0.29, 0.717) is 0 Å². The van der Waals surface area contributed by atoms with Gasteiger partial charge in [-0.2, -0.15) is 0 Å². The molecule has 2 rings (SSSR count). The Morgan fingerprint density at radius 1 is 1.32 bits per heavy atom. The Morgan fingerprint density at radius 2 is 1.89 bits per heavy atom. The number of hydrogen-bond acceptors (Lipinski definition) is 5. The van der Waals surface area contributed by atoms with E-state index in [4.69, 9.17) is 4.74 Å². The van der Waals surface area contributed by atoms with Gasteiger partial charge in [-0.05, 0) is 26.3 Å². The first kappa shape index (κ1) is 13.5. The Morgan fingerprint density at radius 3 is 2.37 bits per heavy atom. The van der Waals surface area contributed by atoms with Gasteiger partial charge in [-0.25, -0.2) is 0 Å². The van der Waals surface area contributed by atoms with Crippen LogP contribution in [0.25, 0.3) is 0 Å². The number of nitrogens with one attached hydrogen (secondary N) is 1. The molecule has 2 atom stereocenters. The molecule has 1 saturated heterocycles. The summed E-state index contributed by atoms with van der Waals surface area (Å²) < 4.78 is 5.27. The van der Waals surface area contributed by atoms with Crippen molar-refractivity contribution in [2.75, 3.05) is 0 Å². The second-order valence-electron chi connectivity index (χ2n) is 5.50. The fraction of sp³-hybridized carbons (Fsp3) is 0.462. The van der Waals surface area contributed by atoms with Crippen molar-refractivity contribution in [2.45, 2.75) is 38.5 Å². The molecule has 0 radical (unpaired) electrons. The standard InChI is InChI=1S/C13H16N2O4/c1-13(2,3)19-12(16)11-10(14-11)8-4-6-9(7-5-8)15(17)18/h4-7,10-11,14H,1-3H3. The molecule has 1 aliphatic rings. The van der Waals surface area contributed by atoms with Gasteiger partial charge in [-0.1, -0.05) is 12.1 Å². The number of nitrogens with zero attached hydrogens (tertiary/aromatic N) is 1. The average molecular weight is 264 g/mol. The smallest absolute Gasteiger partial charge is 0.325 e. The Hall–Kier alpha value is -1.95. The summed E-state index contributed by atoms with van der Waals surface area (Å²) in [4.78, 5) is 21.9. The lowest BCUT2D eigenvalue weighted by Crippen LogP contribution is -2.27. The number of nitro groups is 1. The van der Waals surface area contributed by atoms with Crippen LogP contribution in [0.2, 0.25) is 0 Å². The predicted molar refractivity (Wildman–Crippen MR) is 68.6 cm³/mol. The van der Waals surface area contributed by atoms with Gasteiger partial charge < -0.3 is 4.74 Å². The second kappa shape index (κ2) is 4.62. The molecule has 102 valence electrons. The van der Waals surface area contributed by atoms with E-state index in [9.17, 15) is 14.9 Å². The van der Waals surface area contributed by atoms with Gasteiger partial charge in [0, 0.05) is 12.1 Å². The summed E-state index contributed by atoms with van der Waals surface area (Å²) in [6.45, 7) is 5.44. The molecular formula is C13H16N2O4. The normalized spacial score (nSPS) is 21.8. The zero-order valence-corrected chi connectivity index (χ0v) is 11.0. The van der Waals surface area contributed by atoms with Crippen LogP contribution in [0, 0.1) is 10.1 Å². The van der Waals surface area contributed by atoms with Gasteiger partial charge >= 0.3 is 5.97 Å². The number of carbonyl (C=O) groups is 1. The maximum absolute atomic E-state index is 11.8. The highest BCUT2D eigenvalue weighted by molar-refractivity contribution is 5.81. The van der Waals surface area contributed by atoms with Crippen molar-refractivity contribution in [3.05, 3.63) is 39.9 Å². The van der Waals surface area contributed by atoms with Crippen LogP contribution in [-0.4, -0.2) is 22.5 Å². The number of hydrogen-bond donors (Lipinski definition) is 1. The molecule has 1 aromatic rings. The highest BCUT2D eigenvalue weighted by Crippen LogP contribution is 2.32. The lowest BCUT2D eigenvalue weighted by atomic mass is 10.1. The molecule has 19 heavy (non-hydrogen) atoms. The zero-order chi connectivity index (χ0) is 14.2. The number of esters is 1. The Kier molecular flexibility index (Phi) is 3.28. The summed E-state index contributed by atoms with van der Waals surface area (Å²) in [5.41, 5.74) is 0.376. The van der Waals surface area contributed by atoms with Gasteiger partial charge in [0.15, 0.2) is 0 Å². The van der Waals surface area contributed by atoms with Crippen LogP contribution < -0.4 is 5.32 Å². The van der Waals surface area contributed by atoms with Crippen LogP contribution in [0.5, 0.6) is 0 Å². The molecule has 0 saturated carbocycles. The van der Waals surface area contributed by atoms with Gasteiger partial charge in [0.1, 0.15) is 11.6 Å². The van der Waals surface area contributed by atoms with Crippen LogP contribution >= 0.6 is 0 Å². The van der Waals surface area contributed by atoms with Crippen LogP contribution in [0.3, 0.4) is 0 Å². The third-order valence-electron chi connectivity index (χ3n) is 2.71. The minimum atomic E-state index is -0.513. The fourth-order valence-electron chi connectivity index (χ4n) is 1.80. The number of rotatable bonds is 3. The molecule has 6 nitrogen and oxygen atoms in total. The summed E-state index contributed by atoms with van der Waals surface area (Å²) >= 11 is 0. The number of carbonyl (C=O) groups excluding carboxylic acids is 1. The van der Waals surface area contributed by atoms with E-state index in [1.165, 1.54) is 12.1 Å². The Bertz CT molecular complexity index is 504. The molecule has 1 fully saturated rings. The quantitative estimate of drug-likeness (QED) is 0.390. The van der Waals surface area contributed by atoms with Crippen molar-refractivity contribution in [2.24, 2.45) is 0 Å².